The van der Waals surface area contributed by atoms with E-state index in [4.69, 9.17) is 9.47 Å². The van der Waals surface area contributed by atoms with Crippen LogP contribution in [0.3, 0.4) is 0 Å². The number of hydrogen-bond acceptors (Lipinski definition) is 8. The van der Waals surface area contributed by atoms with Crippen molar-refractivity contribution in [3.63, 3.8) is 0 Å². The molecule has 6 nitrogen and oxygen atoms in total. The van der Waals surface area contributed by atoms with Crippen LogP contribution >= 0.6 is 23.1 Å². The zero-order chi connectivity index (χ0) is 14.7. The highest BCUT2D eigenvalue weighted by Gasteiger charge is 2.18. The van der Waals surface area contributed by atoms with E-state index in [0.29, 0.717) is 13.2 Å². The summed E-state index contributed by atoms with van der Waals surface area (Å²) < 4.78 is 13.1. The summed E-state index contributed by atoms with van der Waals surface area (Å²) in [4.78, 5) is 13.0. The van der Waals surface area contributed by atoms with Crippen molar-refractivity contribution < 1.29 is 9.47 Å². The number of rotatable bonds is 6. The van der Waals surface area contributed by atoms with Crippen molar-refractivity contribution in [2.45, 2.75) is 29.8 Å². The molecule has 1 N–H and O–H groups in total. The van der Waals surface area contributed by atoms with Gasteiger partial charge in [0.2, 0.25) is 0 Å². The second-order valence-electron chi connectivity index (χ2n) is 4.92. The van der Waals surface area contributed by atoms with Crippen molar-refractivity contribution in [1.29, 1.82) is 0 Å². The number of thiazole rings is 1. The summed E-state index contributed by atoms with van der Waals surface area (Å²) in [7, 11) is 0. The Morgan fingerprint density at radius 3 is 3.24 bits per heavy atom. The van der Waals surface area contributed by atoms with Crippen LogP contribution in [-0.4, -0.2) is 53.2 Å². The van der Waals surface area contributed by atoms with Crippen LogP contribution in [0.25, 0.3) is 10.3 Å². The lowest BCUT2D eigenvalue weighted by molar-refractivity contribution is 0.0395. The molecule has 0 aromatic carbocycles. The molecule has 3 rings (SSSR count). The van der Waals surface area contributed by atoms with Gasteiger partial charge in [0.15, 0.2) is 9.99 Å². The first-order valence-corrected chi connectivity index (χ1v) is 8.92. The predicted molar refractivity (Wildman–Crippen MR) is 85.3 cm³/mol. The smallest absolute Gasteiger partial charge is 0.176 e. The van der Waals surface area contributed by atoms with E-state index in [-0.39, 0.29) is 12.1 Å². The maximum absolute atomic E-state index is 5.83. The van der Waals surface area contributed by atoms with Crippen LogP contribution in [0.15, 0.2) is 10.7 Å². The van der Waals surface area contributed by atoms with Gasteiger partial charge in [-0.2, -0.15) is 0 Å². The second-order valence-corrected chi connectivity index (χ2v) is 6.98. The largest absolute Gasteiger partial charge is 0.379 e. The van der Waals surface area contributed by atoms with Crippen molar-refractivity contribution in [3.8, 4) is 0 Å². The maximum Gasteiger partial charge on any atom is 0.176 e. The number of nitrogens with one attached hydrogen (secondary N) is 1. The SMILES string of the molecule is CSc1nc2ncnc(NC(C)COC3CCOC3)c2s1. The van der Waals surface area contributed by atoms with E-state index >= 15 is 0 Å². The molecule has 0 aliphatic carbocycles. The number of aromatic nitrogens is 3. The minimum absolute atomic E-state index is 0.170. The number of fused-ring (bicyclic) bond motifs is 1. The highest BCUT2D eigenvalue weighted by Crippen LogP contribution is 2.31. The Kier molecular flexibility index (Phi) is 4.89. The van der Waals surface area contributed by atoms with Crippen molar-refractivity contribution in [1.82, 2.24) is 15.0 Å². The Labute approximate surface area is 131 Å². The molecule has 0 bridgehead atoms. The molecule has 1 aliphatic rings. The number of thioether (sulfide) groups is 1. The van der Waals surface area contributed by atoms with Crippen molar-refractivity contribution >= 4 is 39.3 Å². The molecular weight excluding hydrogens is 308 g/mol. The van der Waals surface area contributed by atoms with E-state index < -0.39 is 0 Å². The number of ether oxygens (including phenoxy) is 2. The van der Waals surface area contributed by atoms with Crippen molar-refractivity contribution in [2.75, 3.05) is 31.4 Å². The predicted octanol–water partition coefficient (Wildman–Crippen LogP) is 2.41. The zero-order valence-electron chi connectivity index (χ0n) is 12.0. The van der Waals surface area contributed by atoms with Crippen LogP contribution in [0.1, 0.15) is 13.3 Å². The molecule has 0 radical (unpaired) electrons. The van der Waals surface area contributed by atoms with Crippen molar-refractivity contribution in [2.24, 2.45) is 0 Å². The average Bonchev–Trinajstić information content (AvgIpc) is 3.14. The molecule has 2 unspecified atom stereocenters. The molecule has 3 heterocycles. The van der Waals surface area contributed by atoms with Gasteiger partial charge in [0.05, 0.1) is 19.3 Å². The molecule has 114 valence electrons. The zero-order valence-corrected chi connectivity index (χ0v) is 13.7. The van der Waals surface area contributed by atoms with Crippen LogP contribution in [0, 0.1) is 0 Å². The highest BCUT2D eigenvalue weighted by atomic mass is 32.2. The lowest BCUT2D eigenvalue weighted by Gasteiger charge is -2.17. The minimum Gasteiger partial charge on any atom is -0.379 e. The van der Waals surface area contributed by atoms with Crippen LogP contribution in [-0.2, 0) is 9.47 Å². The topological polar surface area (TPSA) is 69.2 Å². The van der Waals surface area contributed by atoms with Gasteiger partial charge in [-0.05, 0) is 19.6 Å². The molecule has 0 spiro atoms. The van der Waals surface area contributed by atoms with Crippen molar-refractivity contribution in [3.05, 3.63) is 6.33 Å². The van der Waals surface area contributed by atoms with Crippen LogP contribution in [0.5, 0.6) is 0 Å². The van der Waals surface area contributed by atoms with Gasteiger partial charge in [-0.25, -0.2) is 15.0 Å². The van der Waals surface area contributed by atoms with Gasteiger partial charge in [-0.15, -0.1) is 11.3 Å². The second kappa shape index (κ2) is 6.87. The summed E-state index contributed by atoms with van der Waals surface area (Å²) in [6.45, 7) is 4.22. The van der Waals surface area contributed by atoms with Gasteiger partial charge in [0.1, 0.15) is 16.8 Å². The van der Waals surface area contributed by atoms with E-state index in [1.165, 1.54) is 0 Å². The number of nitrogens with zero attached hydrogens (tertiary/aromatic N) is 3. The molecule has 2 aromatic rings. The van der Waals surface area contributed by atoms with Crippen LogP contribution in [0.4, 0.5) is 5.82 Å². The monoisotopic (exact) mass is 326 g/mol. The third kappa shape index (κ3) is 3.63. The van der Waals surface area contributed by atoms with E-state index in [1.807, 2.05) is 6.26 Å². The minimum atomic E-state index is 0.170. The molecule has 2 aromatic heterocycles. The summed E-state index contributed by atoms with van der Waals surface area (Å²) in [6.07, 6.45) is 4.77. The summed E-state index contributed by atoms with van der Waals surface area (Å²) in [5.41, 5.74) is 0.749. The third-order valence-corrected chi connectivity index (χ3v) is 5.24. The summed E-state index contributed by atoms with van der Waals surface area (Å²) in [5.74, 6) is 0.830. The quantitative estimate of drug-likeness (QED) is 0.817. The molecular formula is C13H18N4O2S2. The van der Waals surface area contributed by atoms with E-state index in [9.17, 15) is 0 Å². The Bertz CT molecular complexity index is 601. The van der Waals surface area contributed by atoms with E-state index in [2.05, 4.69) is 27.2 Å². The fraction of sp³-hybridized carbons (Fsp3) is 0.615. The van der Waals surface area contributed by atoms with Gasteiger partial charge in [-0.1, -0.05) is 11.8 Å². The number of anilines is 1. The lowest BCUT2D eigenvalue weighted by atomic mass is 10.3. The molecule has 1 fully saturated rings. The first-order valence-electron chi connectivity index (χ1n) is 6.87. The first-order chi connectivity index (χ1) is 10.3. The Morgan fingerprint density at radius 1 is 1.57 bits per heavy atom. The van der Waals surface area contributed by atoms with E-state index in [1.54, 1.807) is 29.4 Å². The molecule has 21 heavy (non-hydrogen) atoms. The molecule has 8 heteroatoms. The van der Waals surface area contributed by atoms with Gasteiger partial charge in [0.25, 0.3) is 0 Å². The Morgan fingerprint density at radius 2 is 2.48 bits per heavy atom. The first kappa shape index (κ1) is 15.0. The fourth-order valence-corrected chi connectivity index (χ4v) is 3.59. The van der Waals surface area contributed by atoms with Gasteiger partial charge >= 0.3 is 0 Å². The molecule has 0 amide bonds. The third-order valence-electron chi connectivity index (χ3n) is 3.20. The summed E-state index contributed by atoms with van der Waals surface area (Å²) in [5, 5.41) is 3.39. The maximum atomic E-state index is 5.83. The van der Waals surface area contributed by atoms with Crippen LogP contribution < -0.4 is 5.32 Å². The van der Waals surface area contributed by atoms with Gasteiger partial charge in [-0.3, -0.25) is 0 Å². The van der Waals surface area contributed by atoms with Crippen LogP contribution in [0.2, 0.25) is 0 Å². The molecule has 1 aliphatic heterocycles. The summed E-state index contributed by atoms with van der Waals surface area (Å²) in [6, 6.07) is 0.170. The van der Waals surface area contributed by atoms with Gasteiger partial charge in [0, 0.05) is 12.6 Å². The number of hydrogen-bond donors (Lipinski definition) is 1. The Balaban J connectivity index is 1.64. The van der Waals surface area contributed by atoms with E-state index in [0.717, 1.165) is 33.5 Å². The highest BCUT2D eigenvalue weighted by molar-refractivity contribution is 8.00. The molecule has 2 atom stereocenters. The Hall–Kier alpha value is -0.960. The van der Waals surface area contributed by atoms with Gasteiger partial charge < -0.3 is 14.8 Å². The molecule has 0 saturated carbocycles. The normalized spacial score (nSPS) is 20.0. The average molecular weight is 326 g/mol. The fourth-order valence-electron chi connectivity index (χ4n) is 2.12. The standard InChI is InChI=1S/C13H18N4O2S2/c1-8(5-19-9-3-4-18-6-9)16-11-10-12(15-7-14-11)17-13(20-2)21-10/h7-9H,3-6H2,1-2H3,(H,14,15,16). The molecule has 1 saturated heterocycles. The lowest BCUT2D eigenvalue weighted by Crippen LogP contribution is -2.26. The summed E-state index contributed by atoms with van der Waals surface area (Å²) >= 11 is 3.24.